The Kier molecular flexibility index (Phi) is 9.48. The molecule has 38 heavy (non-hydrogen) atoms. The van der Waals surface area contributed by atoms with Gasteiger partial charge < -0.3 is 24.8 Å². The van der Waals surface area contributed by atoms with Crippen LogP contribution >= 0.6 is 0 Å². The topological polar surface area (TPSA) is 77.7 Å². The molecule has 0 radical (unpaired) electrons. The fraction of sp³-hybridized carbons (Fsp3) is 0.267. The number of aromatic nitrogens is 1. The van der Waals surface area contributed by atoms with Gasteiger partial charge in [0.2, 0.25) is 5.91 Å². The highest BCUT2D eigenvalue weighted by Gasteiger charge is 2.22. The Hall–Kier alpha value is -4.17. The van der Waals surface area contributed by atoms with Gasteiger partial charge in [-0.05, 0) is 54.3 Å². The van der Waals surface area contributed by atoms with Crippen LogP contribution in [0.25, 0.3) is 10.9 Å². The number of nitrogens with zero attached hydrogens (tertiary/aromatic N) is 2. The first kappa shape index (κ1) is 26.9. The van der Waals surface area contributed by atoms with Crippen molar-refractivity contribution in [1.82, 2.24) is 14.8 Å². The van der Waals surface area contributed by atoms with Crippen LogP contribution in [0.15, 0.2) is 85.1 Å². The summed E-state index contributed by atoms with van der Waals surface area (Å²) in [7, 11) is 1.61. The monoisotopic (exact) mass is 516 g/mol. The summed E-state index contributed by atoms with van der Waals surface area (Å²) in [5, 5.41) is 3.99. The van der Waals surface area contributed by atoms with Gasteiger partial charge in [-0.15, -0.1) is 0 Å². The molecule has 0 aliphatic heterocycles. The van der Waals surface area contributed by atoms with Crippen LogP contribution in [0.5, 0.6) is 0 Å². The molecule has 0 atom stereocenters. The minimum Gasteiger partial charge on any atom is -0.385 e. The molecule has 3 amide bonds. The molecule has 7 nitrogen and oxygen atoms in total. The van der Waals surface area contributed by atoms with Gasteiger partial charge in [-0.1, -0.05) is 48.5 Å². The molecule has 8 heteroatoms. The van der Waals surface area contributed by atoms with Crippen molar-refractivity contribution in [1.29, 1.82) is 0 Å². The Bertz CT molecular complexity index is 1320. The molecule has 0 aliphatic rings. The first-order chi connectivity index (χ1) is 18.5. The summed E-state index contributed by atoms with van der Waals surface area (Å²) in [6.45, 7) is 1.52. The summed E-state index contributed by atoms with van der Waals surface area (Å²) in [5.41, 5.74) is 3.62. The van der Waals surface area contributed by atoms with Crippen molar-refractivity contribution in [3.63, 3.8) is 0 Å². The normalized spacial score (nSPS) is 10.9. The lowest BCUT2D eigenvalue weighted by molar-refractivity contribution is -0.132. The molecule has 0 saturated carbocycles. The standard InChI is InChI=1S/C30H33FN4O3/c1-38-19-7-17-35(30(37)33-26-8-3-2-4-9-26)22-29(36)34(21-23-12-14-25(31)15-13-23)18-16-24-20-32-28-11-6-5-10-27(24)28/h2-6,8-15,20,32H,7,16-19,21-22H2,1H3,(H,33,37). The van der Waals surface area contributed by atoms with Crippen molar-refractivity contribution in [3.05, 3.63) is 102 Å². The maximum atomic E-state index is 13.6. The minimum absolute atomic E-state index is 0.0859. The molecular formula is C30H33FN4O3. The van der Waals surface area contributed by atoms with E-state index in [0.29, 0.717) is 44.8 Å². The van der Waals surface area contributed by atoms with Crippen molar-refractivity contribution in [3.8, 4) is 0 Å². The first-order valence-electron chi connectivity index (χ1n) is 12.7. The fourth-order valence-corrected chi connectivity index (χ4v) is 4.34. The predicted octanol–water partition coefficient (Wildman–Crippen LogP) is 5.45. The van der Waals surface area contributed by atoms with Gasteiger partial charge in [0.1, 0.15) is 12.4 Å². The lowest BCUT2D eigenvalue weighted by Gasteiger charge is -2.28. The quantitative estimate of drug-likeness (QED) is 0.246. The van der Waals surface area contributed by atoms with Crippen LogP contribution in [0.1, 0.15) is 17.5 Å². The van der Waals surface area contributed by atoms with Crippen molar-refractivity contribution >= 4 is 28.5 Å². The van der Waals surface area contributed by atoms with Crippen LogP contribution in [0.2, 0.25) is 0 Å². The Balaban J connectivity index is 1.50. The highest BCUT2D eigenvalue weighted by molar-refractivity contribution is 5.92. The summed E-state index contributed by atoms with van der Waals surface area (Å²) >= 11 is 0. The van der Waals surface area contributed by atoms with Crippen molar-refractivity contribution in [2.24, 2.45) is 0 Å². The van der Waals surface area contributed by atoms with Gasteiger partial charge in [0.15, 0.2) is 0 Å². The number of ether oxygens (including phenoxy) is 1. The minimum atomic E-state index is -0.348. The number of urea groups is 1. The lowest BCUT2D eigenvalue weighted by Crippen LogP contribution is -2.45. The first-order valence-corrected chi connectivity index (χ1v) is 12.7. The molecule has 2 N–H and O–H groups in total. The Morgan fingerprint density at radius 2 is 1.66 bits per heavy atom. The molecule has 0 aliphatic carbocycles. The van der Waals surface area contributed by atoms with Crippen molar-refractivity contribution in [2.75, 3.05) is 38.7 Å². The predicted molar refractivity (Wildman–Crippen MR) is 147 cm³/mol. The van der Waals surface area contributed by atoms with Crippen molar-refractivity contribution in [2.45, 2.75) is 19.4 Å². The third-order valence-electron chi connectivity index (χ3n) is 6.38. The van der Waals surface area contributed by atoms with E-state index < -0.39 is 0 Å². The number of H-pyrrole nitrogens is 1. The Morgan fingerprint density at radius 3 is 2.42 bits per heavy atom. The summed E-state index contributed by atoms with van der Waals surface area (Å²) < 4.78 is 18.7. The molecule has 0 unspecified atom stereocenters. The van der Waals surface area contributed by atoms with E-state index in [1.54, 1.807) is 36.3 Å². The van der Waals surface area contributed by atoms with Crippen LogP contribution in [0.3, 0.4) is 0 Å². The Labute approximate surface area is 222 Å². The molecule has 4 aromatic rings. The van der Waals surface area contributed by atoms with Gasteiger partial charge in [0, 0.05) is 56.1 Å². The molecule has 4 rings (SSSR count). The molecular weight excluding hydrogens is 483 g/mol. The number of hydrogen-bond donors (Lipinski definition) is 2. The third-order valence-corrected chi connectivity index (χ3v) is 6.38. The second-order valence-electron chi connectivity index (χ2n) is 9.12. The van der Waals surface area contributed by atoms with Crippen LogP contribution < -0.4 is 5.32 Å². The largest absolute Gasteiger partial charge is 0.385 e. The van der Waals surface area contributed by atoms with Gasteiger partial charge in [0.05, 0.1) is 0 Å². The van der Waals surface area contributed by atoms with Gasteiger partial charge in [-0.25, -0.2) is 9.18 Å². The number of anilines is 1. The average molecular weight is 517 g/mol. The number of benzene rings is 3. The zero-order valence-electron chi connectivity index (χ0n) is 21.5. The molecule has 198 valence electrons. The SMILES string of the molecule is COCCCN(CC(=O)N(CCc1c[nH]c2ccccc12)Cc1ccc(F)cc1)C(=O)Nc1ccccc1. The van der Waals surface area contributed by atoms with Crippen LogP contribution in [-0.4, -0.2) is 60.1 Å². The highest BCUT2D eigenvalue weighted by Crippen LogP contribution is 2.19. The van der Waals surface area contributed by atoms with E-state index in [2.05, 4.69) is 16.4 Å². The van der Waals surface area contributed by atoms with Gasteiger partial charge in [-0.3, -0.25) is 4.79 Å². The molecule has 1 heterocycles. The van der Waals surface area contributed by atoms with E-state index in [-0.39, 0.29) is 24.3 Å². The molecule has 0 fully saturated rings. The number of methoxy groups -OCH3 is 1. The number of halogens is 1. The fourth-order valence-electron chi connectivity index (χ4n) is 4.34. The zero-order chi connectivity index (χ0) is 26.7. The summed E-state index contributed by atoms with van der Waals surface area (Å²) in [6.07, 6.45) is 3.20. The van der Waals surface area contributed by atoms with E-state index in [0.717, 1.165) is 22.0 Å². The Morgan fingerprint density at radius 1 is 0.921 bits per heavy atom. The van der Waals surface area contributed by atoms with E-state index in [4.69, 9.17) is 4.74 Å². The van der Waals surface area contributed by atoms with Gasteiger partial charge >= 0.3 is 6.03 Å². The second kappa shape index (κ2) is 13.4. The second-order valence-corrected chi connectivity index (χ2v) is 9.12. The number of para-hydroxylation sites is 2. The number of fused-ring (bicyclic) bond motifs is 1. The molecule has 0 bridgehead atoms. The van der Waals surface area contributed by atoms with Crippen molar-refractivity contribution < 1.29 is 18.7 Å². The maximum absolute atomic E-state index is 13.6. The summed E-state index contributed by atoms with van der Waals surface area (Å²) in [6, 6.07) is 23.0. The molecule has 3 aromatic carbocycles. The van der Waals surface area contributed by atoms with E-state index >= 15 is 0 Å². The number of amides is 3. The molecule has 0 saturated heterocycles. The van der Waals surface area contributed by atoms with Crippen LogP contribution in [0, 0.1) is 5.82 Å². The molecule has 0 spiro atoms. The molecule has 1 aromatic heterocycles. The van der Waals surface area contributed by atoms with E-state index in [1.807, 2.05) is 42.6 Å². The lowest BCUT2D eigenvalue weighted by atomic mass is 10.1. The number of carbonyl (C=O) groups excluding carboxylic acids is 2. The smallest absolute Gasteiger partial charge is 0.322 e. The zero-order valence-corrected chi connectivity index (χ0v) is 21.5. The van der Waals surface area contributed by atoms with Crippen LogP contribution in [-0.2, 0) is 22.5 Å². The third kappa shape index (κ3) is 7.43. The van der Waals surface area contributed by atoms with E-state index in [1.165, 1.54) is 17.0 Å². The average Bonchev–Trinajstić information content (AvgIpc) is 3.35. The number of carbonyl (C=O) groups is 2. The highest BCUT2D eigenvalue weighted by atomic mass is 19.1. The maximum Gasteiger partial charge on any atom is 0.322 e. The number of rotatable bonds is 12. The van der Waals surface area contributed by atoms with Gasteiger partial charge in [0.25, 0.3) is 0 Å². The van der Waals surface area contributed by atoms with E-state index in [9.17, 15) is 14.0 Å². The number of aromatic amines is 1. The summed E-state index contributed by atoms with van der Waals surface area (Å²) in [5.74, 6) is -0.512. The number of nitrogens with one attached hydrogen (secondary N) is 2. The summed E-state index contributed by atoms with van der Waals surface area (Å²) in [4.78, 5) is 33.3. The number of hydrogen-bond acceptors (Lipinski definition) is 3. The van der Waals surface area contributed by atoms with Crippen LogP contribution in [0.4, 0.5) is 14.9 Å². The van der Waals surface area contributed by atoms with Gasteiger partial charge in [-0.2, -0.15) is 0 Å².